The molecule has 0 atom stereocenters. The highest BCUT2D eigenvalue weighted by atomic mass is 35.5. The summed E-state index contributed by atoms with van der Waals surface area (Å²) in [5.41, 5.74) is 3.37. The number of rotatable bonds is 9. The zero-order valence-corrected chi connectivity index (χ0v) is 18.3. The monoisotopic (exact) mass is 428 g/mol. The molecule has 152 valence electrons. The molecular formula is C22H25ClN4OS. The molecule has 0 radical (unpaired) electrons. The van der Waals surface area contributed by atoms with Gasteiger partial charge in [-0.2, -0.15) is 0 Å². The predicted octanol–water partition coefficient (Wildman–Crippen LogP) is 4.98. The van der Waals surface area contributed by atoms with E-state index in [1.165, 1.54) is 11.1 Å². The van der Waals surface area contributed by atoms with Gasteiger partial charge in [0, 0.05) is 30.2 Å². The van der Waals surface area contributed by atoms with Crippen LogP contribution in [0.2, 0.25) is 5.02 Å². The Morgan fingerprint density at radius 1 is 1.17 bits per heavy atom. The van der Waals surface area contributed by atoms with Crippen molar-refractivity contribution in [1.82, 2.24) is 20.1 Å². The fraction of sp³-hybridized carbons (Fsp3) is 0.318. The largest absolute Gasteiger partial charge is 0.356 e. The minimum atomic E-state index is 0.0291. The number of nitrogens with zero attached hydrogens (tertiary/aromatic N) is 3. The number of carbonyl (C=O) groups excluding carboxylic acids is 1. The lowest BCUT2D eigenvalue weighted by atomic mass is 10.2. The van der Waals surface area contributed by atoms with Gasteiger partial charge in [-0.25, -0.2) is 0 Å². The van der Waals surface area contributed by atoms with E-state index in [2.05, 4.69) is 46.7 Å². The average Bonchev–Trinajstić information content (AvgIpc) is 3.12. The van der Waals surface area contributed by atoms with E-state index in [4.69, 9.17) is 11.6 Å². The number of aromatic nitrogens is 3. The molecule has 1 N–H and O–H groups in total. The first-order valence-corrected chi connectivity index (χ1v) is 11.1. The summed E-state index contributed by atoms with van der Waals surface area (Å²) in [5.74, 6) is 1.57. The van der Waals surface area contributed by atoms with Crippen molar-refractivity contribution in [3.63, 3.8) is 0 Å². The Bertz CT molecular complexity index is 973. The molecule has 0 bridgehead atoms. The van der Waals surface area contributed by atoms with Crippen molar-refractivity contribution in [3.8, 4) is 5.69 Å². The Balaban J connectivity index is 1.82. The second kappa shape index (κ2) is 10.5. The van der Waals surface area contributed by atoms with E-state index in [9.17, 15) is 4.79 Å². The second-order valence-corrected chi connectivity index (χ2v) is 8.22. The van der Waals surface area contributed by atoms with E-state index >= 15 is 0 Å². The van der Waals surface area contributed by atoms with Crippen LogP contribution in [-0.4, -0.2) is 27.2 Å². The smallest absolute Gasteiger partial charge is 0.220 e. The van der Waals surface area contributed by atoms with Gasteiger partial charge in [-0.3, -0.25) is 9.36 Å². The molecule has 0 aliphatic heterocycles. The van der Waals surface area contributed by atoms with E-state index in [0.717, 1.165) is 28.8 Å². The molecule has 5 nitrogen and oxygen atoms in total. The van der Waals surface area contributed by atoms with Crippen LogP contribution < -0.4 is 5.32 Å². The Hall–Kier alpha value is -2.31. The van der Waals surface area contributed by atoms with Gasteiger partial charge in [0.15, 0.2) is 5.16 Å². The first-order chi connectivity index (χ1) is 14.1. The molecule has 0 aliphatic carbocycles. The molecule has 7 heteroatoms. The quantitative estimate of drug-likeness (QED) is 0.488. The van der Waals surface area contributed by atoms with Crippen molar-refractivity contribution in [1.29, 1.82) is 0 Å². The number of benzene rings is 2. The van der Waals surface area contributed by atoms with Gasteiger partial charge in [0.25, 0.3) is 0 Å². The Morgan fingerprint density at radius 2 is 2.00 bits per heavy atom. The molecule has 0 aliphatic rings. The molecule has 3 aromatic rings. The number of amides is 1. The summed E-state index contributed by atoms with van der Waals surface area (Å²) in [6.45, 7) is 4.82. The van der Waals surface area contributed by atoms with Crippen molar-refractivity contribution in [2.75, 3.05) is 6.54 Å². The third-order valence-corrected chi connectivity index (χ3v) is 5.60. The number of hydrogen-bond donors (Lipinski definition) is 1. The van der Waals surface area contributed by atoms with Crippen molar-refractivity contribution >= 4 is 29.3 Å². The van der Waals surface area contributed by atoms with Crippen LogP contribution in [0, 0.1) is 6.92 Å². The van der Waals surface area contributed by atoms with Crippen molar-refractivity contribution in [2.45, 2.75) is 44.0 Å². The van der Waals surface area contributed by atoms with Gasteiger partial charge >= 0.3 is 0 Å². The summed E-state index contributed by atoms with van der Waals surface area (Å²) in [6.07, 6.45) is 1.81. The third kappa shape index (κ3) is 6.08. The van der Waals surface area contributed by atoms with Crippen molar-refractivity contribution in [2.24, 2.45) is 0 Å². The minimum absolute atomic E-state index is 0.0291. The topological polar surface area (TPSA) is 59.8 Å². The van der Waals surface area contributed by atoms with Gasteiger partial charge in [-0.15, -0.1) is 10.2 Å². The van der Waals surface area contributed by atoms with Crippen LogP contribution in [0.5, 0.6) is 0 Å². The molecular weight excluding hydrogens is 404 g/mol. The highest BCUT2D eigenvalue weighted by molar-refractivity contribution is 7.98. The molecule has 3 rings (SSSR count). The standard InChI is InChI=1S/C22H25ClN4OS/c1-3-12-24-21(28)11-10-20-25-26-22(27(20)19-9-5-8-18(23)14-19)29-15-17-7-4-6-16(2)13-17/h4-9,13-14H,3,10-12,15H2,1-2H3,(H,24,28). The van der Waals surface area contributed by atoms with E-state index < -0.39 is 0 Å². The summed E-state index contributed by atoms with van der Waals surface area (Å²) in [5, 5.41) is 13.1. The van der Waals surface area contributed by atoms with Gasteiger partial charge in [0.1, 0.15) is 5.82 Å². The van der Waals surface area contributed by atoms with Crippen LogP contribution in [0.15, 0.2) is 53.7 Å². The van der Waals surface area contributed by atoms with Crippen LogP contribution in [-0.2, 0) is 17.0 Å². The molecule has 29 heavy (non-hydrogen) atoms. The lowest BCUT2D eigenvalue weighted by Gasteiger charge is -2.11. The van der Waals surface area contributed by atoms with Gasteiger partial charge in [0.05, 0.1) is 5.69 Å². The molecule has 0 spiro atoms. The molecule has 0 saturated heterocycles. The SMILES string of the molecule is CCCNC(=O)CCc1nnc(SCc2cccc(C)c2)n1-c1cccc(Cl)c1. The normalized spacial score (nSPS) is 10.9. The molecule has 0 unspecified atom stereocenters. The Morgan fingerprint density at radius 3 is 2.76 bits per heavy atom. The lowest BCUT2D eigenvalue weighted by molar-refractivity contribution is -0.121. The number of thioether (sulfide) groups is 1. The van der Waals surface area contributed by atoms with Crippen LogP contribution in [0.1, 0.15) is 36.7 Å². The Kier molecular flexibility index (Phi) is 7.72. The zero-order valence-electron chi connectivity index (χ0n) is 16.7. The third-order valence-electron chi connectivity index (χ3n) is 4.37. The van der Waals surface area contributed by atoms with Crippen LogP contribution in [0.3, 0.4) is 0 Å². The highest BCUT2D eigenvalue weighted by Crippen LogP contribution is 2.27. The van der Waals surface area contributed by atoms with E-state index in [-0.39, 0.29) is 5.91 Å². The Labute approximate surface area is 180 Å². The maximum absolute atomic E-state index is 12.0. The van der Waals surface area contributed by atoms with Crippen LogP contribution in [0.4, 0.5) is 0 Å². The number of aryl methyl sites for hydroxylation is 2. The fourth-order valence-corrected chi connectivity index (χ4v) is 4.06. The average molecular weight is 429 g/mol. The first kappa shape index (κ1) is 21.4. The van der Waals surface area contributed by atoms with Crippen molar-refractivity contribution in [3.05, 3.63) is 70.5 Å². The summed E-state index contributed by atoms with van der Waals surface area (Å²) < 4.78 is 2.00. The van der Waals surface area contributed by atoms with Gasteiger partial charge in [-0.1, -0.05) is 66.2 Å². The number of nitrogens with one attached hydrogen (secondary N) is 1. The molecule has 0 saturated carbocycles. The highest BCUT2D eigenvalue weighted by Gasteiger charge is 2.16. The molecule has 2 aromatic carbocycles. The van der Waals surface area contributed by atoms with Gasteiger partial charge in [0.2, 0.25) is 5.91 Å². The number of carbonyl (C=O) groups is 1. The number of hydrogen-bond acceptors (Lipinski definition) is 4. The summed E-state index contributed by atoms with van der Waals surface area (Å²) >= 11 is 7.84. The van der Waals surface area contributed by atoms with Gasteiger partial charge in [-0.05, 0) is 37.1 Å². The number of halogens is 1. The first-order valence-electron chi connectivity index (χ1n) is 9.72. The maximum atomic E-state index is 12.0. The van der Waals surface area contributed by atoms with Crippen LogP contribution >= 0.6 is 23.4 Å². The van der Waals surface area contributed by atoms with E-state index in [0.29, 0.717) is 24.4 Å². The molecule has 1 aromatic heterocycles. The lowest BCUT2D eigenvalue weighted by Crippen LogP contribution is -2.24. The summed E-state index contributed by atoms with van der Waals surface area (Å²) in [4.78, 5) is 12.0. The molecule has 1 heterocycles. The second-order valence-electron chi connectivity index (χ2n) is 6.84. The summed E-state index contributed by atoms with van der Waals surface area (Å²) in [6, 6.07) is 16.1. The predicted molar refractivity (Wildman–Crippen MR) is 119 cm³/mol. The summed E-state index contributed by atoms with van der Waals surface area (Å²) in [7, 11) is 0. The fourth-order valence-electron chi connectivity index (χ4n) is 2.96. The molecule has 0 fully saturated rings. The minimum Gasteiger partial charge on any atom is -0.356 e. The van der Waals surface area contributed by atoms with Gasteiger partial charge < -0.3 is 5.32 Å². The van der Waals surface area contributed by atoms with E-state index in [1.54, 1.807) is 11.8 Å². The molecule has 1 amide bonds. The van der Waals surface area contributed by atoms with E-state index in [1.807, 2.05) is 35.8 Å². The maximum Gasteiger partial charge on any atom is 0.220 e. The van der Waals surface area contributed by atoms with Crippen molar-refractivity contribution < 1.29 is 4.79 Å². The van der Waals surface area contributed by atoms with Crippen LogP contribution in [0.25, 0.3) is 5.69 Å². The zero-order chi connectivity index (χ0) is 20.6.